The van der Waals surface area contributed by atoms with Gasteiger partial charge in [0.25, 0.3) is 0 Å². The number of ether oxygens (including phenoxy) is 1. The third-order valence-electron chi connectivity index (χ3n) is 7.54. The normalized spacial score (nSPS) is 19.4. The van der Waals surface area contributed by atoms with Crippen molar-refractivity contribution in [3.8, 4) is 5.75 Å². The molecular formula is C30H37F3N2O4. The predicted molar refractivity (Wildman–Crippen MR) is 143 cm³/mol. The zero-order valence-corrected chi connectivity index (χ0v) is 22.6. The average Bonchev–Trinajstić information content (AvgIpc) is 2.91. The number of nitrogens with zero attached hydrogens (tertiary/aromatic N) is 2. The Morgan fingerprint density at radius 1 is 1.08 bits per heavy atom. The summed E-state index contributed by atoms with van der Waals surface area (Å²) in [6, 6.07) is 10.3. The van der Waals surface area contributed by atoms with Crippen LogP contribution in [0.15, 0.2) is 41.6 Å². The highest BCUT2D eigenvalue weighted by Crippen LogP contribution is 2.41. The van der Waals surface area contributed by atoms with Gasteiger partial charge in [-0.3, -0.25) is 9.69 Å². The zero-order chi connectivity index (χ0) is 28.0. The molecule has 3 aliphatic rings. The molecule has 0 spiro atoms. The molecule has 2 aromatic rings. The summed E-state index contributed by atoms with van der Waals surface area (Å²) in [5.74, 6) is -0.428. The Morgan fingerprint density at radius 3 is 2.49 bits per heavy atom. The van der Waals surface area contributed by atoms with Crippen LogP contribution in [0.25, 0.3) is 0 Å². The molecule has 6 nitrogen and oxygen atoms in total. The van der Waals surface area contributed by atoms with Gasteiger partial charge in [0.05, 0.1) is 23.8 Å². The molecule has 212 valence electrons. The molecule has 1 aliphatic carbocycles. The van der Waals surface area contributed by atoms with Gasteiger partial charge in [-0.25, -0.2) is 0 Å². The van der Waals surface area contributed by atoms with Crippen molar-refractivity contribution in [2.24, 2.45) is 11.1 Å². The monoisotopic (exact) mass is 546 g/mol. The average molecular weight is 547 g/mol. The van der Waals surface area contributed by atoms with E-state index in [1.165, 1.54) is 6.07 Å². The minimum Gasteiger partial charge on any atom is -0.492 e. The molecule has 1 saturated heterocycles. The van der Waals surface area contributed by atoms with Crippen LogP contribution in [0.4, 0.5) is 13.2 Å². The van der Waals surface area contributed by atoms with E-state index < -0.39 is 17.7 Å². The van der Waals surface area contributed by atoms with E-state index in [-0.39, 0.29) is 18.4 Å². The van der Waals surface area contributed by atoms with Crippen LogP contribution in [-0.4, -0.2) is 41.4 Å². The highest BCUT2D eigenvalue weighted by molar-refractivity contribution is 6.03. The van der Waals surface area contributed by atoms with Crippen LogP contribution in [0.1, 0.15) is 86.1 Å². The quantitative estimate of drug-likeness (QED) is 0.379. The fourth-order valence-electron chi connectivity index (χ4n) is 5.52. The van der Waals surface area contributed by atoms with Crippen molar-refractivity contribution in [2.75, 3.05) is 19.7 Å². The molecule has 0 atom stereocenters. The summed E-state index contributed by atoms with van der Waals surface area (Å²) < 4.78 is 47.3. The number of likely N-dealkylation sites (tertiary alicyclic amines) is 1. The van der Waals surface area contributed by atoms with Gasteiger partial charge in [0.2, 0.25) is 0 Å². The van der Waals surface area contributed by atoms with Gasteiger partial charge in [0.15, 0.2) is 0 Å². The van der Waals surface area contributed by atoms with Gasteiger partial charge >= 0.3 is 12.1 Å². The number of halogens is 3. The van der Waals surface area contributed by atoms with Gasteiger partial charge < -0.3 is 14.7 Å². The van der Waals surface area contributed by atoms with E-state index in [0.717, 1.165) is 43.2 Å². The molecule has 5 rings (SSSR count). The number of carboxylic acid groups (broad SMARTS) is 1. The molecule has 0 radical (unpaired) electrons. The lowest BCUT2D eigenvalue weighted by Crippen LogP contribution is -2.49. The maximum atomic E-state index is 13.8. The first-order chi connectivity index (χ1) is 18.8. The topological polar surface area (TPSA) is 71.4 Å². The second-order valence-electron chi connectivity index (χ2n) is 10.2. The number of benzene rings is 2. The molecule has 2 heterocycles. The molecule has 2 aliphatic heterocycles. The second kappa shape index (κ2) is 12.9. The lowest BCUT2D eigenvalue weighted by molar-refractivity contribution is -0.147. The fraction of sp³-hybridized carbons (Fsp3) is 0.533. The fourth-order valence-corrected chi connectivity index (χ4v) is 5.52. The van der Waals surface area contributed by atoms with Gasteiger partial charge in [-0.2, -0.15) is 13.2 Å². The van der Waals surface area contributed by atoms with Crippen molar-refractivity contribution >= 4 is 11.7 Å². The smallest absolute Gasteiger partial charge is 0.416 e. The van der Waals surface area contributed by atoms with Crippen LogP contribution in [0, 0.1) is 5.92 Å². The SMILES string of the molecule is CC.O=C(O)C1CN(Cc2ccc3c(c2)OCC/C3=N\OCc2ccc(C3CCCCC3)c(C(F)(F)F)c2)C1. The highest BCUT2D eigenvalue weighted by atomic mass is 19.4. The van der Waals surface area contributed by atoms with Gasteiger partial charge in [-0.15, -0.1) is 0 Å². The molecule has 1 N–H and O–H groups in total. The maximum absolute atomic E-state index is 13.8. The molecule has 0 amide bonds. The second-order valence-corrected chi connectivity index (χ2v) is 10.2. The van der Waals surface area contributed by atoms with Crippen molar-refractivity contribution < 1.29 is 32.6 Å². The number of hydrogen-bond donors (Lipinski definition) is 1. The van der Waals surface area contributed by atoms with Crippen molar-refractivity contribution in [2.45, 2.75) is 77.6 Å². The van der Waals surface area contributed by atoms with Crippen LogP contribution < -0.4 is 4.74 Å². The summed E-state index contributed by atoms with van der Waals surface area (Å²) in [6.45, 7) is 6.09. The van der Waals surface area contributed by atoms with Crippen molar-refractivity contribution in [1.82, 2.24) is 4.90 Å². The summed E-state index contributed by atoms with van der Waals surface area (Å²) in [4.78, 5) is 18.6. The Morgan fingerprint density at radius 2 is 1.79 bits per heavy atom. The highest BCUT2D eigenvalue weighted by Gasteiger charge is 2.36. The van der Waals surface area contributed by atoms with E-state index >= 15 is 0 Å². The third kappa shape index (κ3) is 7.12. The molecule has 2 fully saturated rings. The van der Waals surface area contributed by atoms with Crippen LogP contribution in [0.3, 0.4) is 0 Å². The zero-order valence-electron chi connectivity index (χ0n) is 22.6. The molecule has 0 unspecified atom stereocenters. The summed E-state index contributed by atoms with van der Waals surface area (Å²) in [5.41, 5.74) is 2.78. The van der Waals surface area contributed by atoms with E-state index in [4.69, 9.17) is 14.7 Å². The molecule has 0 bridgehead atoms. The van der Waals surface area contributed by atoms with Crippen molar-refractivity contribution in [1.29, 1.82) is 0 Å². The number of rotatable bonds is 7. The van der Waals surface area contributed by atoms with Crippen molar-refractivity contribution in [3.63, 3.8) is 0 Å². The lowest BCUT2D eigenvalue weighted by Gasteiger charge is -2.36. The van der Waals surface area contributed by atoms with Crippen molar-refractivity contribution in [3.05, 3.63) is 64.2 Å². The number of fused-ring (bicyclic) bond motifs is 1. The number of oxime groups is 1. The predicted octanol–water partition coefficient (Wildman–Crippen LogP) is 7.00. The maximum Gasteiger partial charge on any atom is 0.416 e. The van der Waals surface area contributed by atoms with Crippen LogP contribution in [0.2, 0.25) is 0 Å². The van der Waals surface area contributed by atoms with Crippen LogP contribution in [-0.2, 0) is 29.0 Å². The Balaban J connectivity index is 0.00000172. The molecule has 0 aromatic heterocycles. The minimum atomic E-state index is -4.41. The summed E-state index contributed by atoms with van der Waals surface area (Å²) >= 11 is 0. The summed E-state index contributed by atoms with van der Waals surface area (Å²) in [6.07, 6.45) is 0.767. The lowest BCUT2D eigenvalue weighted by atomic mass is 9.81. The van der Waals surface area contributed by atoms with E-state index in [1.807, 2.05) is 32.0 Å². The van der Waals surface area contributed by atoms with E-state index in [2.05, 4.69) is 10.1 Å². The van der Waals surface area contributed by atoms with Gasteiger partial charge in [-0.1, -0.05) is 56.5 Å². The van der Waals surface area contributed by atoms with E-state index in [9.17, 15) is 18.0 Å². The first kappa shape index (κ1) is 28.9. The van der Waals surface area contributed by atoms with Gasteiger partial charge in [0.1, 0.15) is 12.4 Å². The molecule has 1 saturated carbocycles. The summed E-state index contributed by atoms with van der Waals surface area (Å²) in [7, 11) is 0. The van der Waals surface area contributed by atoms with Gasteiger partial charge in [-0.05, 0) is 53.6 Å². The Hall–Kier alpha value is -3.07. The Kier molecular flexibility index (Phi) is 9.53. The Bertz CT molecular complexity index is 1170. The molecule has 2 aromatic carbocycles. The Labute approximate surface area is 227 Å². The number of carbonyl (C=O) groups is 1. The number of aliphatic carboxylic acids is 1. The first-order valence-corrected chi connectivity index (χ1v) is 13.9. The standard InChI is InChI=1S/C28H31F3N2O4.C2H6/c29-28(30,31)24-12-19(7-8-22(24)20-4-2-1-3-5-20)17-37-32-25-10-11-36-26-13-18(6-9-23(25)26)14-33-15-21(16-33)27(34)35;1-2/h6-9,12-13,20-21H,1-5,10-11,14-17H2,(H,34,35);1-2H3/b32-25+;. The third-order valence-corrected chi connectivity index (χ3v) is 7.54. The van der Waals surface area contributed by atoms with Gasteiger partial charge in [0, 0.05) is 31.6 Å². The van der Waals surface area contributed by atoms with E-state index in [1.54, 1.807) is 12.1 Å². The van der Waals surface area contributed by atoms with E-state index in [0.29, 0.717) is 55.3 Å². The largest absolute Gasteiger partial charge is 0.492 e. The first-order valence-electron chi connectivity index (χ1n) is 13.9. The number of carboxylic acids is 1. The molecule has 39 heavy (non-hydrogen) atoms. The minimum absolute atomic E-state index is 0.0380. The summed E-state index contributed by atoms with van der Waals surface area (Å²) in [5, 5.41) is 13.3. The molecule has 9 heteroatoms. The van der Waals surface area contributed by atoms with Crippen LogP contribution >= 0.6 is 0 Å². The molecular weight excluding hydrogens is 509 g/mol. The number of alkyl halides is 3. The van der Waals surface area contributed by atoms with Crippen LogP contribution in [0.5, 0.6) is 5.75 Å². The number of hydrogen-bond acceptors (Lipinski definition) is 5.